The Morgan fingerprint density at radius 1 is 1.38 bits per heavy atom. The maximum Gasteiger partial charge on any atom is 0.349 e. The number of fused-ring (bicyclic) bond motifs is 1. The summed E-state index contributed by atoms with van der Waals surface area (Å²) < 4.78 is 5.33. The van der Waals surface area contributed by atoms with Gasteiger partial charge >= 0.3 is 5.63 Å². The van der Waals surface area contributed by atoms with E-state index in [2.05, 4.69) is 4.90 Å². The minimum atomic E-state index is -0.556. The number of rotatable bonds is 3. The molecule has 1 aliphatic heterocycles. The van der Waals surface area contributed by atoms with E-state index < -0.39 is 5.63 Å². The Morgan fingerprint density at radius 3 is 2.96 bits per heavy atom. The summed E-state index contributed by atoms with van der Waals surface area (Å²) in [5.74, 6) is 1.71. The molecule has 5 nitrogen and oxygen atoms in total. The van der Waals surface area contributed by atoms with Gasteiger partial charge in [0.1, 0.15) is 11.1 Å². The van der Waals surface area contributed by atoms with Gasteiger partial charge in [0.25, 0.3) is 5.91 Å². The van der Waals surface area contributed by atoms with E-state index in [-0.39, 0.29) is 17.5 Å². The van der Waals surface area contributed by atoms with Crippen LogP contribution in [0.4, 0.5) is 0 Å². The predicted octanol–water partition coefficient (Wildman–Crippen LogP) is 2.30. The minimum absolute atomic E-state index is 0.103. The van der Waals surface area contributed by atoms with Crippen molar-refractivity contribution in [3.05, 3.63) is 46.3 Å². The standard InChI is InChI=1S/C18H22N2O3S/c1-19(2)11-14-12-24-9-5-8-20(14)17(21)15-10-13-6-3-4-7-16(13)23-18(15)22/h3-4,6-7,10,14H,5,8-9,11-12H2,1-2H3/t14-/m1/s1. The lowest BCUT2D eigenvalue weighted by molar-refractivity contribution is 0.0671. The highest BCUT2D eigenvalue weighted by Crippen LogP contribution is 2.20. The van der Waals surface area contributed by atoms with Crippen molar-refractivity contribution in [1.29, 1.82) is 0 Å². The lowest BCUT2D eigenvalue weighted by Gasteiger charge is -2.31. The smallest absolute Gasteiger partial charge is 0.349 e. The zero-order valence-corrected chi connectivity index (χ0v) is 14.8. The third-order valence-electron chi connectivity index (χ3n) is 4.15. The maximum absolute atomic E-state index is 13.0. The molecule has 1 fully saturated rings. The Morgan fingerprint density at radius 2 is 2.17 bits per heavy atom. The van der Waals surface area contributed by atoms with Gasteiger partial charge in [-0.25, -0.2) is 4.79 Å². The van der Waals surface area contributed by atoms with Crippen molar-refractivity contribution in [3.63, 3.8) is 0 Å². The molecule has 1 atom stereocenters. The lowest BCUT2D eigenvalue weighted by Crippen LogP contribution is -2.47. The van der Waals surface area contributed by atoms with Crippen LogP contribution in [0.3, 0.4) is 0 Å². The molecule has 2 heterocycles. The van der Waals surface area contributed by atoms with Gasteiger partial charge in [-0.05, 0) is 38.4 Å². The maximum atomic E-state index is 13.0. The minimum Gasteiger partial charge on any atom is -0.422 e. The molecule has 2 aromatic rings. The highest BCUT2D eigenvalue weighted by Gasteiger charge is 2.29. The van der Waals surface area contributed by atoms with E-state index in [1.54, 1.807) is 12.1 Å². The van der Waals surface area contributed by atoms with Crippen LogP contribution in [0.1, 0.15) is 16.8 Å². The van der Waals surface area contributed by atoms with E-state index in [9.17, 15) is 9.59 Å². The molecule has 1 aliphatic rings. The summed E-state index contributed by atoms with van der Waals surface area (Å²) in [5, 5.41) is 0.772. The number of benzene rings is 1. The average molecular weight is 346 g/mol. The Balaban J connectivity index is 1.96. The second kappa shape index (κ2) is 7.40. The van der Waals surface area contributed by atoms with Crippen molar-refractivity contribution >= 4 is 28.6 Å². The Labute approximate surface area is 145 Å². The fourth-order valence-corrected chi connectivity index (χ4v) is 4.09. The molecule has 6 heteroatoms. The van der Waals surface area contributed by atoms with Crippen LogP contribution in [0.15, 0.2) is 39.5 Å². The van der Waals surface area contributed by atoms with Crippen LogP contribution in [0, 0.1) is 0 Å². The zero-order chi connectivity index (χ0) is 17.1. The van der Waals surface area contributed by atoms with Crippen molar-refractivity contribution in [2.24, 2.45) is 0 Å². The number of hydrogen-bond donors (Lipinski definition) is 0. The molecule has 0 unspecified atom stereocenters. The lowest BCUT2D eigenvalue weighted by atomic mass is 10.1. The van der Waals surface area contributed by atoms with Gasteiger partial charge in [0, 0.05) is 24.2 Å². The topological polar surface area (TPSA) is 53.8 Å². The molecule has 3 rings (SSSR count). The van der Waals surface area contributed by atoms with Crippen LogP contribution >= 0.6 is 11.8 Å². The summed E-state index contributed by atoms with van der Waals surface area (Å²) in [6.45, 7) is 1.47. The average Bonchev–Trinajstić information content (AvgIpc) is 2.78. The van der Waals surface area contributed by atoms with Gasteiger partial charge in [0.2, 0.25) is 0 Å². The van der Waals surface area contributed by atoms with E-state index in [0.29, 0.717) is 12.1 Å². The van der Waals surface area contributed by atoms with Gasteiger partial charge in [0.15, 0.2) is 0 Å². The molecule has 128 valence electrons. The molecular formula is C18H22N2O3S. The van der Waals surface area contributed by atoms with Gasteiger partial charge in [0.05, 0.1) is 6.04 Å². The number of thioether (sulfide) groups is 1. The van der Waals surface area contributed by atoms with Crippen LogP contribution in [-0.2, 0) is 0 Å². The summed E-state index contributed by atoms with van der Waals surface area (Å²) in [5.41, 5.74) is 0.0823. The van der Waals surface area contributed by atoms with E-state index >= 15 is 0 Å². The first-order valence-electron chi connectivity index (χ1n) is 8.12. The quantitative estimate of drug-likeness (QED) is 0.798. The van der Waals surface area contributed by atoms with Gasteiger partial charge in [-0.3, -0.25) is 4.79 Å². The number of para-hydroxylation sites is 1. The molecule has 0 saturated carbocycles. The number of likely N-dealkylation sites (N-methyl/N-ethyl adjacent to an activating group) is 1. The van der Waals surface area contributed by atoms with E-state index in [1.807, 2.05) is 49.0 Å². The van der Waals surface area contributed by atoms with Crippen LogP contribution < -0.4 is 5.63 Å². The molecule has 0 spiro atoms. The number of carbonyl (C=O) groups is 1. The number of nitrogens with zero attached hydrogens (tertiary/aromatic N) is 2. The van der Waals surface area contributed by atoms with Crippen molar-refractivity contribution in [1.82, 2.24) is 9.80 Å². The molecule has 0 bridgehead atoms. The zero-order valence-electron chi connectivity index (χ0n) is 14.0. The SMILES string of the molecule is CN(C)C[C@@H]1CSCCCN1C(=O)c1cc2ccccc2oc1=O. The Kier molecular flexibility index (Phi) is 5.26. The second-order valence-corrected chi connectivity index (χ2v) is 7.48. The first-order valence-corrected chi connectivity index (χ1v) is 9.28. The van der Waals surface area contributed by atoms with Crippen LogP contribution in [0.2, 0.25) is 0 Å². The van der Waals surface area contributed by atoms with Gasteiger partial charge in [-0.1, -0.05) is 18.2 Å². The second-order valence-electron chi connectivity index (χ2n) is 6.33. The molecule has 0 aliphatic carbocycles. The predicted molar refractivity (Wildman–Crippen MR) is 97.8 cm³/mol. The molecule has 0 N–H and O–H groups in total. The summed E-state index contributed by atoms with van der Waals surface area (Å²) >= 11 is 1.87. The number of hydrogen-bond acceptors (Lipinski definition) is 5. The third-order valence-corrected chi connectivity index (χ3v) is 5.35. The highest BCUT2D eigenvalue weighted by atomic mass is 32.2. The Bertz CT molecular complexity index is 787. The van der Waals surface area contributed by atoms with Crippen LogP contribution in [0.25, 0.3) is 11.0 Å². The summed E-state index contributed by atoms with van der Waals surface area (Å²) in [6, 6.07) is 9.03. The van der Waals surface area contributed by atoms with E-state index in [1.165, 1.54) is 0 Å². The number of amides is 1. The molecular weight excluding hydrogens is 324 g/mol. The molecule has 24 heavy (non-hydrogen) atoms. The first kappa shape index (κ1) is 17.0. The number of carbonyl (C=O) groups excluding carboxylic acids is 1. The fourth-order valence-electron chi connectivity index (χ4n) is 3.03. The van der Waals surface area contributed by atoms with Crippen LogP contribution in [0.5, 0.6) is 0 Å². The van der Waals surface area contributed by atoms with Gasteiger partial charge in [-0.15, -0.1) is 0 Å². The normalized spacial score (nSPS) is 18.8. The van der Waals surface area contributed by atoms with Crippen molar-refractivity contribution in [2.75, 3.05) is 38.7 Å². The molecule has 1 aromatic heterocycles. The largest absolute Gasteiger partial charge is 0.422 e. The van der Waals surface area contributed by atoms with Crippen LogP contribution in [-0.4, -0.2) is 60.4 Å². The molecule has 0 radical (unpaired) electrons. The summed E-state index contributed by atoms with van der Waals surface area (Å²) in [4.78, 5) is 29.3. The fraction of sp³-hybridized carbons (Fsp3) is 0.444. The molecule has 1 aromatic carbocycles. The van der Waals surface area contributed by atoms with Crippen molar-refractivity contribution in [2.45, 2.75) is 12.5 Å². The summed E-state index contributed by atoms with van der Waals surface area (Å²) in [6.07, 6.45) is 0.944. The van der Waals surface area contributed by atoms with Gasteiger partial charge < -0.3 is 14.2 Å². The van der Waals surface area contributed by atoms with E-state index in [4.69, 9.17) is 4.42 Å². The highest BCUT2D eigenvalue weighted by molar-refractivity contribution is 7.99. The monoisotopic (exact) mass is 346 g/mol. The molecule has 1 saturated heterocycles. The molecule has 1 amide bonds. The van der Waals surface area contributed by atoms with E-state index in [0.717, 1.165) is 29.9 Å². The van der Waals surface area contributed by atoms with Crippen molar-refractivity contribution < 1.29 is 9.21 Å². The third kappa shape index (κ3) is 3.65. The summed E-state index contributed by atoms with van der Waals surface area (Å²) in [7, 11) is 4.01. The first-order chi connectivity index (χ1) is 11.6. The van der Waals surface area contributed by atoms with Crippen molar-refractivity contribution in [3.8, 4) is 0 Å². The Hall–Kier alpha value is -1.79. The van der Waals surface area contributed by atoms with Gasteiger partial charge in [-0.2, -0.15) is 11.8 Å².